The van der Waals surface area contributed by atoms with Crippen LogP contribution in [-0.2, 0) is 30.8 Å². The molecule has 3 aliphatic rings. The van der Waals surface area contributed by atoms with Gasteiger partial charge in [-0.15, -0.1) is 11.3 Å². The van der Waals surface area contributed by atoms with Crippen LogP contribution in [0.3, 0.4) is 0 Å². The summed E-state index contributed by atoms with van der Waals surface area (Å²) in [6, 6.07) is 7.73. The second kappa shape index (κ2) is 7.18. The van der Waals surface area contributed by atoms with Gasteiger partial charge < -0.3 is 0 Å². The Morgan fingerprint density at radius 3 is 2.80 bits per heavy atom. The molecule has 0 N–H and O–H groups in total. The van der Waals surface area contributed by atoms with Crippen molar-refractivity contribution in [1.29, 1.82) is 0 Å². The number of rotatable bonds is 4. The Labute approximate surface area is 184 Å². The van der Waals surface area contributed by atoms with Crippen molar-refractivity contribution in [3.05, 3.63) is 51.6 Å². The fourth-order valence-corrected chi connectivity index (χ4v) is 6.04. The predicted octanol–water partition coefficient (Wildman–Crippen LogP) is 3.97. The number of benzene rings is 1. The van der Waals surface area contributed by atoms with Gasteiger partial charge in [-0.3, -0.25) is 14.6 Å². The molecule has 6 nitrogen and oxygen atoms in total. The van der Waals surface area contributed by atoms with Gasteiger partial charge in [-0.25, -0.2) is 9.67 Å². The molecule has 1 aromatic carbocycles. The first-order valence-corrected chi connectivity index (χ1v) is 11.6. The Balaban J connectivity index is 1.41. The molecule has 0 radical (unpaired) electrons. The molecule has 3 aromatic rings. The lowest BCUT2D eigenvalue weighted by molar-refractivity contribution is -0.119. The van der Waals surface area contributed by atoms with E-state index in [1.807, 2.05) is 29.2 Å². The molecule has 4 heterocycles. The van der Waals surface area contributed by atoms with Crippen molar-refractivity contribution in [1.82, 2.24) is 19.7 Å². The number of nitrogens with zero attached hydrogens (tertiary/aromatic N) is 5. The number of carbonyl (C=O) groups excluding carboxylic acids is 1. The van der Waals surface area contributed by atoms with E-state index in [0.29, 0.717) is 11.6 Å². The van der Waals surface area contributed by atoms with Gasteiger partial charge >= 0.3 is 0 Å². The Morgan fingerprint density at radius 1 is 1.17 bits per heavy atom. The molecular formula is C22H22ClN5OS. The fraction of sp³-hybridized carbons (Fsp3) is 0.409. The van der Waals surface area contributed by atoms with E-state index in [2.05, 4.69) is 15.0 Å². The molecule has 154 valence electrons. The third-order valence-corrected chi connectivity index (χ3v) is 7.75. The average molecular weight is 440 g/mol. The zero-order chi connectivity index (χ0) is 20.2. The van der Waals surface area contributed by atoms with E-state index in [0.717, 1.165) is 47.4 Å². The molecule has 1 aliphatic carbocycles. The van der Waals surface area contributed by atoms with Crippen molar-refractivity contribution >= 4 is 33.8 Å². The Kier molecular flexibility index (Phi) is 4.44. The second-order valence-electron chi connectivity index (χ2n) is 8.46. The van der Waals surface area contributed by atoms with Gasteiger partial charge in [-0.2, -0.15) is 5.10 Å². The largest absolute Gasteiger partial charge is 0.298 e. The summed E-state index contributed by atoms with van der Waals surface area (Å²) in [5, 5.41) is 6.06. The zero-order valence-electron chi connectivity index (χ0n) is 16.6. The van der Waals surface area contributed by atoms with Crippen molar-refractivity contribution in [3.8, 4) is 11.4 Å². The molecule has 1 amide bonds. The van der Waals surface area contributed by atoms with Crippen molar-refractivity contribution < 1.29 is 4.79 Å². The molecule has 1 fully saturated rings. The lowest BCUT2D eigenvalue weighted by atomic mass is 10.0. The first kappa shape index (κ1) is 18.5. The van der Waals surface area contributed by atoms with Crippen LogP contribution in [0.1, 0.15) is 28.8 Å². The molecule has 30 heavy (non-hydrogen) atoms. The summed E-state index contributed by atoms with van der Waals surface area (Å²) in [5.74, 6) is 1.75. The molecule has 0 atom stereocenters. The van der Waals surface area contributed by atoms with Crippen molar-refractivity contribution in [2.24, 2.45) is 5.92 Å². The molecule has 8 heteroatoms. The fourth-order valence-electron chi connectivity index (χ4n) is 4.52. The topological polar surface area (TPSA) is 54.3 Å². The summed E-state index contributed by atoms with van der Waals surface area (Å²) in [6.07, 6.45) is 5.31. The van der Waals surface area contributed by atoms with Crippen LogP contribution in [0, 0.1) is 5.92 Å². The SMILES string of the molecule is O=C1Cn2ncnc2-c2c(sc3c2CCN(CC2CC2)C3)N1Cc1ccc(Cl)cc1. The van der Waals surface area contributed by atoms with E-state index in [4.69, 9.17) is 11.6 Å². The van der Waals surface area contributed by atoms with E-state index < -0.39 is 0 Å². The van der Waals surface area contributed by atoms with E-state index in [1.54, 1.807) is 22.3 Å². The number of fused-ring (bicyclic) bond motifs is 5. The first-order chi connectivity index (χ1) is 14.7. The third kappa shape index (κ3) is 3.25. The molecule has 0 unspecified atom stereocenters. The highest BCUT2D eigenvalue weighted by Crippen LogP contribution is 2.46. The van der Waals surface area contributed by atoms with Crippen molar-refractivity contribution in [2.45, 2.75) is 38.9 Å². The van der Waals surface area contributed by atoms with Gasteiger partial charge in [0.1, 0.15) is 17.9 Å². The maximum Gasteiger partial charge on any atom is 0.249 e. The Bertz CT molecular complexity index is 1120. The smallest absolute Gasteiger partial charge is 0.249 e. The minimum Gasteiger partial charge on any atom is -0.298 e. The molecular weight excluding hydrogens is 418 g/mol. The number of halogens is 1. The summed E-state index contributed by atoms with van der Waals surface area (Å²) < 4.78 is 1.76. The van der Waals surface area contributed by atoms with Crippen LogP contribution in [-0.4, -0.2) is 38.7 Å². The normalized spacial score (nSPS) is 18.7. The van der Waals surface area contributed by atoms with Gasteiger partial charge in [-0.05, 0) is 48.4 Å². The number of hydrogen-bond acceptors (Lipinski definition) is 5. The summed E-state index contributed by atoms with van der Waals surface area (Å²) in [5.41, 5.74) is 3.53. The quantitative estimate of drug-likeness (QED) is 0.617. The minimum atomic E-state index is 0.0453. The van der Waals surface area contributed by atoms with Gasteiger partial charge in [0.15, 0.2) is 5.82 Å². The average Bonchev–Trinajstić information content (AvgIpc) is 3.33. The van der Waals surface area contributed by atoms with E-state index in [1.165, 1.54) is 29.8 Å². The molecule has 6 rings (SSSR count). The highest BCUT2D eigenvalue weighted by Gasteiger charge is 2.35. The van der Waals surface area contributed by atoms with Crippen molar-refractivity contribution in [2.75, 3.05) is 18.0 Å². The van der Waals surface area contributed by atoms with Crippen LogP contribution in [0.15, 0.2) is 30.6 Å². The van der Waals surface area contributed by atoms with E-state index >= 15 is 0 Å². The van der Waals surface area contributed by atoms with Crippen molar-refractivity contribution in [3.63, 3.8) is 0 Å². The van der Waals surface area contributed by atoms with Crippen LogP contribution in [0.5, 0.6) is 0 Å². The van der Waals surface area contributed by atoms with Crippen LogP contribution in [0.4, 0.5) is 5.00 Å². The molecule has 2 aromatic heterocycles. The number of carbonyl (C=O) groups is 1. The van der Waals surface area contributed by atoms with Gasteiger partial charge in [0, 0.05) is 29.5 Å². The number of amides is 1. The lowest BCUT2D eigenvalue weighted by Crippen LogP contribution is -2.32. The maximum absolute atomic E-state index is 13.2. The monoisotopic (exact) mass is 439 g/mol. The number of hydrogen-bond donors (Lipinski definition) is 0. The zero-order valence-corrected chi connectivity index (χ0v) is 18.1. The van der Waals surface area contributed by atoms with Gasteiger partial charge in [0.2, 0.25) is 5.91 Å². The molecule has 0 spiro atoms. The molecule has 0 saturated heterocycles. The van der Waals surface area contributed by atoms with Gasteiger partial charge in [0.05, 0.1) is 12.1 Å². The summed E-state index contributed by atoms with van der Waals surface area (Å²) in [6.45, 7) is 3.99. The third-order valence-electron chi connectivity index (χ3n) is 6.25. The summed E-state index contributed by atoms with van der Waals surface area (Å²) >= 11 is 7.82. The standard InChI is InChI=1S/C22H22ClN5OS/c23-16-5-3-15(4-6-16)10-27-19(29)12-28-21(24-13-25-28)20-17-7-8-26(9-14-1-2-14)11-18(17)30-22(20)27/h3-6,13-14H,1-2,7-12H2. The molecule has 0 bridgehead atoms. The number of thiophene rings is 1. The number of anilines is 1. The lowest BCUT2D eigenvalue weighted by Gasteiger charge is -2.27. The number of aromatic nitrogens is 3. The van der Waals surface area contributed by atoms with Gasteiger partial charge in [-0.1, -0.05) is 23.7 Å². The van der Waals surface area contributed by atoms with Crippen LogP contribution in [0.2, 0.25) is 5.02 Å². The van der Waals surface area contributed by atoms with E-state index in [-0.39, 0.29) is 12.5 Å². The second-order valence-corrected chi connectivity index (χ2v) is 9.98. The highest BCUT2D eigenvalue weighted by molar-refractivity contribution is 7.17. The Hall–Kier alpha value is -2.22. The van der Waals surface area contributed by atoms with Crippen LogP contribution in [0.25, 0.3) is 11.4 Å². The van der Waals surface area contributed by atoms with Gasteiger partial charge in [0.25, 0.3) is 0 Å². The summed E-state index contributed by atoms with van der Waals surface area (Å²) in [4.78, 5) is 23.7. The molecule has 2 aliphatic heterocycles. The molecule has 1 saturated carbocycles. The first-order valence-electron chi connectivity index (χ1n) is 10.5. The minimum absolute atomic E-state index is 0.0453. The van der Waals surface area contributed by atoms with Crippen LogP contribution < -0.4 is 4.90 Å². The predicted molar refractivity (Wildman–Crippen MR) is 118 cm³/mol. The highest BCUT2D eigenvalue weighted by atomic mass is 35.5. The van der Waals surface area contributed by atoms with E-state index in [9.17, 15) is 4.79 Å². The Morgan fingerprint density at radius 2 is 2.00 bits per heavy atom. The maximum atomic E-state index is 13.2. The summed E-state index contributed by atoms with van der Waals surface area (Å²) in [7, 11) is 0. The van der Waals surface area contributed by atoms with Crippen LogP contribution >= 0.6 is 22.9 Å².